The van der Waals surface area contributed by atoms with Crippen LogP contribution in [0.3, 0.4) is 0 Å². The third-order valence-electron chi connectivity index (χ3n) is 7.43. The van der Waals surface area contributed by atoms with Crippen LogP contribution in [0.15, 0.2) is 42.0 Å². The Balaban J connectivity index is 1.74. The molecule has 0 radical (unpaired) electrons. The van der Waals surface area contributed by atoms with Crippen LogP contribution in [-0.2, 0) is 14.3 Å². The molecule has 9 nitrogen and oxygen atoms in total. The van der Waals surface area contributed by atoms with Gasteiger partial charge in [0.2, 0.25) is 0 Å². The van der Waals surface area contributed by atoms with E-state index in [1.165, 1.54) is 0 Å². The van der Waals surface area contributed by atoms with Crippen LogP contribution in [-0.4, -0.2) is 86.8 Å². The van der Waals surface area contributed by atoms with Crippen LogP contribution in [0.25, 0.3) is 5.76 Å². The van der Waals surface area contributed by atoms with Crippen LogP contribution in [0.5, 0.6) is 17.2 Å². The van der Waals surface area contributed by atoms with E-state index in [0.717, 1.165) is 25.1 Å². The highest BCUT2D eigenvalue weighted by Crippen LogP contribution is 2.42. The molecule has 2 aromatic rings. The van der Waals surface area contributed by atoms with Crippen molar-refractivity contribution in [1.82, 2.24) is 9.80 Å². The van der Waals surface area contributed by atoms with E-state index in [0.29, 0.717) is 67.2 Å². The number of hydrogen-bond acceptors (Lipinski definition) is 8. The number of benzene rings is 2. The zero-order valence-electron chi connectivity index (χ0n) is 24.1. The van der Waals surface area contributed by atoms with Crippen molar-refractivity contribution in [3.63, 3.8) is 0 Å². The number of carbonyl (C=O) groups is 2. The largest absolute Gasteiger partial charge is 0.507 e. The Kier molecular flexibility index (Phi) is 9.71. The molecule has 40 heavy (non-hydrogen) atoms. The van der Waals surface area contributed by atoms with E-state index >= 15 is 0 Å². The number of ketones is 1. The van der Waals surface area contributed by atoms with E-state index in [2.05, 4.69) is 18.7 Å². The van der Waals surface area contributed by atoms with E-state index in [-0.39, 0.29) is 11.3 Å². The third kappa shape index (κ3) is 6.42. The second-order valence-corrected chi connectivity index (χ2v) is 10.6. The second kappa shape index (κ2) is 13.2. The number of nitrogens with zero attached hydrogens (tertiary/aromatic N) is 2. The highest BCUT2D eigenvalue weighted by atomic mass is 16.5. The number of hydrogen-bond donors (Lipinski definition) is 1. The molecule has 0 bridgehead atoms. The van der Waals surface area contributed by atoms with Gasteiger partial charge in [-0.05, 0) is 60.7 Å². The molecule has 1 N–H and O–H groups in total. The summed E-state index contributed by atoms with van der Waals surface area (Å²) < 4.78 is 22.4. The molecule has 216 valence electrons. The molecule has 2 fully saturated rings. The van der Waals surface area contributed by atoms with Gasteiger partial charge in [0.25, 0.3) is 11.7 Å². The standard InChI is InChI=1S/C31H40N2O7/c1-20(2)10-15-40-25-9-6-22(19-26(25)38-5)28-27(29(34)23-7-8-24(37-4)21(3)18-23)30(35)31(36)33(28)12-11-32-13-16-39-17-14-32/h6-9,18-20,28,34H,10-17H2,1-5H3/b29-27+. The predicted octanol–water partition coefficient (Wildman–Crippen LogP) is 4.19. The summed E-state index contributed by atoms with van der Waals surface area (Å²) in [5.41, 5.74) is 1.94. The molecular weight excluding hydrogens is 512 g/mol. The van der Waals surface area contributed by atoms with Crippen LogP contribution in [0.1, 0.15) is 43.0 Å². The van der Waals surface area contributed by atoms with Crippen molar-refractivity contribution < 1.29 is 33.6 Å². The van der Waals surface area contributed by atoms with Crippen molar-refractivity contribution >= 4 is 17.4 Å². The average molecular weight is 553 g/mol. The van der Waals surface area contributed by atoms with Gasteiger partial charge in [0.1, 0.15) is 11.5 Å². The first-order valence-corrected chi connectivity index (χ1v) is 13.8. The molecule has 0 spiro atoms. The van der Waals surface area contributed by atoms with Gasteiger partial charge < -0.3 is 29.0 Å². The number of carbonyl (C=O) groups excluding carboxylic acids is 2. The number of aliphatic hydroxyl groups is 1. The van der Waals surface area contributed by atoms with Crippen molar-refractivity contribution in [1.29, 1.82) is 0 Å². The normalized spacial score (nSPS) is 19.4. The molecule has 1 unspecified atom stereocenters. The smallest absolute Gasteiger partial charge is 0.295 e. The Bertz CT molecular complexity index is 1250. The minimum absolute atomic E-state index is 0.0482. The quantitative estimate of drug-likeness (QED) is 0.252. The number of aliphatic hydroxyl groups excluding tert-OH is 1. The fourth-order valence-electron chi connectivity index (χ4n) is 5.09. The number of aryl methyl sites for hydroxylation is 1. The third-order valence-corrected chi connectivity index (χ3v) is 7.43. The molecule has 1 atom stereocenters. The fraction of sp³-hybridized carbons (Fsp3) is 0.484. The zero-order valence-corrected chi connectivity index (χ0v) is 24.1. The number of methoxy groups -OCH3 is 2. The lowest BCUT2D eigenvalue weighted by Gasteiger charge is -2.31. The maximum absolute atomic E-state index is 13.5. The number of amides is 1. The van der Waals surface area contributed by atoms with Gasteiger partial charge in [-0.25, -0.2) is 0 Å². The number of morpholine rings is 1. The maximum atomic E-state index is 13.5. The molecule has 4 rings (SSSR count). The lowest BCUT2D eigenvalue weighted by molar-refractivity contribution is -0.140. The summed E-state index contributed by atoms with van der Waals surface area (Å²) in [6, 6.07) is 9.80. The lowest BCUT2D eigenvalue weighted by Crippen LogP contribution is -2.42. The molecule has 2 saturated heterocycles. The molecule has 2 aromatic carbocycles. The minimum atomic E-state index is -0.790. The maximum Gasteiger partial charge on any atom is 0.295 e. The van der Waals surface area contributed by atoms with Crippen LogP contribution >= 0.6 is 0 Å². The van der Waals surface area contributed by atoms with Crippen molar-refractivity contribution in [2.24, 2.45) is 5.92 Å². The van der Waals surface area contributed by atoms with E-state index in [9.17, 15) is 14.7 Å². The van der Waals surface area contributed by atoms with Gasteiger partial charge in [-0.2, -0.15) is 0 Å². The second-order valence-electron chi connectivity index (χ2n) is 10.6. The summed E-state index contributed by atoms with van der Waals surface area (Å²) in [6.45, 7) is 10.4. The summed E-state index contributed by atoms with van der Waals surface area (Å²) in [5.74, 6) is 0.674. The molecule has 0 aliphatic carbocycles. The van der Waals surface area contributed by atoms with E-state index in [1.54, 1.807) is 49.5 Å². The van der Waals surface area contributed by atoms with Crippen LogP contribution in [0.4, 0.5) is 0 Å². The molecule has 2 aliphatic heterocycles. The first-order chi connectivity index (χ1) is 19.2. The van der Waals surface area contributed by atoms with Gasteiger partial charge in [0.05, 0.1) is 45.7 Å². The molecule has 1 amide bonds. The summed E-state index contributed by atoms with van der Waals surface area (Å²) >= 11 is 0. The van der Waals surface area contributed by atoms with E-state index in [1.807, 2.05) is 13.0 Å². The SMILES string of the molecule is COc1ccc(/C(O)=C2\C(=O)C(=O)N(CCN3CCOCC3)C2c2ccc(OCCC(C)C)c(OC)c2)cc1C. The molecule has 2 heterocycles. The first kappa shape index (κ1) is 29.4. The van der Waals surface area contributed by atoms with Crippen molar-refractivity contribution in [3.05, 3.63) is 58.7 Å². The molecule has 2 aliphatic rings. The van der Waals surface area contributed by atoms with Gasteiger partial charge in [-0.3, -0.25) is 14.5 Å². The molecule has 0 aromatic heterocycles. The van der Waals surface area contributed by atoms with E-state index < -0.39 is 17.7 Å². The fourth-order valence-corrected chi connectivity index (χ4v) is 5.09. The summed E-state index contributed by atoms with van der Waals surface area (Å²) in [5, 5.41) is 11.5. The van der Waals surface area contributed by atoms with Crippen LogP contribution in [0.2, 0.25) is 0 Å². The van der Waals surface area contributed by atoms with Gasteiger partial charge in [0.15, 0.2) is 11.5 Å². The Hall–Kier alpha value is -3.56. The Morgan fingerprint density at radius 1 is 1.00 bits per heavy atom. The van der Waals surface area contributed by atoms with Crippen LogP contribution in [0, 0.1) is 12.8 Å². The van der Waals surface area contributed by atoms with Gasteiger partial charge in [-0.15, -0.1) is 0 Å². The van der Waals surface area contributed by atoms with Gasteiger partial charge in [-0.1, -0.05) is 19.9 Å². The minimum Gasteiger partial charge on any atom is -0.507 e. The van der Waals surface area contributed by atoms with Crippen molar-refractivity contribution in [3.8, 4) is 17.2 Å². The van der Waals surface area contributed by atoms with Gasteiger partial charge >= 0.3 is 0 Å². The van der Waals surface area contributed by atoms with Crippen LogP contribution < -0.4 is 14.2 Å². The summed E-state index contributed by atoms with van der Waals surface area (Å²) in [6.07, 6.45) is 0.897. The lowest BCUT2D eigenvalue weighted by atomic mass is 9.94. The van der Waals surface area contributed by atoms with Crippen molar-refractivity contribution in [2.75, 3.05) is 60.2 Å². The predicted molar refractivity (Wildman–Crippen MR) is 152 cm³/mol. The summed E-state index contributed by atoms with van der Waals surface area (Å²) in [4.78, 5) is 30.6. The molecule has 0 saturated carbocycles. The average Bonchev–Trinajstić information content (AvgIpc) is 3.21. The summed E-state index contributed by atoms with van der Waals surface area (Å²) in [7, 11) is 3.13. The van der Waals surface area contributed by atoms with Gasteiger partial charge in [0, 0.05) is 31.7 Å². The molecule has 9 heteroatoms. The number of ether oxygens (including phenoxy) is 4. The number of likely N-dealkylation sites (tertiary alicyclic amines) is 1. The molecular formula is C31H40N2O7. The highest BCUT2D eigenvalue weighted by Gasteiger charge is 2.46. The Morgan fingerprint density at radius 3 is 2.35 bits per heavy atom. The Labute approximate surface area is 236 Å². The highest BCUT2D eigenvalue weighted by molar-refractivity contribution is 6.46. The first-order valence-electron chi connectivity index (χ1n) is 13.8. The zero-order chi connectivity index (χ0) is 28.8. The van der Waals surface area contributed by atoms with Crippen molar-refractivity contribution in [2.45, 2.75) is 33.2 Å². The Morgan fingerprint density at radius 2 is 1.70 bits per heavy atom. The monoisotopic (exact) mass is 552 g/mol. The number of Topliss-reactive ketones (excluding diaryl/α,β-unsaturated/α-hetero) is 1. The number of rotatable bonds is 11. The van der Waals surface area contributed by atoms with E-state index in [4.69, 9.17) is 18.9 Å². The topological polar surface area (TPSA) is 97.8 Å².